The predicted octanol–water partition coefficient (Wildman–Crippen LogP) is 5.80. The highest BCUT2D eigenvalue weighted by molar-refractivity contribution is 5.71. The average molecular weight is 466 g/mol. The lowest BCUT2D eigenvalue weighted by Gasteiger charge is -2.37. The van der Waals surface area contributed by atoms with Crippen LogP contribution in [-0.2, 0) is 25.6 Å². The Morgan fingerprint density at radius 2 is 1.88 bits per heavy atom. The van der Waals surface area contributed by atoms with E-state index in [4.69, 9.17) is 0 Å². The number of aryl methyl sites for hydroxylation is 1. The van der Waals surface area contributed by atoms with E-state index in [-0.39, 0.29) is 11.8 Å². The summed E-state index contributed by atoms with van der Waals surface area (Å²) >= 11 is 0. The number of aromatic nitrogens is 2. The summed E-state index contributed by atoms with van der Waals surface area (Å²) in [5.41, 5.74) is 5.90. The van der Waals surface area contributed by atoms with Gasteiger partial charge in [0.2, 0.25) is 5.95 Å². The molecule has 1 aliphatic carbocycles. The van der Waals surface area contributed by atoms with Gasteiger partial charge < -0.3 is 15.1 Å². The molecule has 0 bridgehead atoms. The number of likely N-dealkylation sites (N-methyl/N-ethyl adjacent to an activating group) is 1. The first-order valence-corrected chi connectivity index (χ1v) is 11.8. The van der Waals surface area contributed by atoms with Gasteiger partial charge in [0.15, 0.2) is 5.82 Å². The molecule has 1 N–H and O–H groups in total. The molecular weight excluding hydrogens is 439 g/mol. The fourth-order valence-corrected chi connectivity index (χ4v) is 5.84. The number of nitrogens with one attached hydrogen (secondary N) is 1. The number of alkyl halides is 3. The molecule has 2 aromatic carbocycles. The van der Waals surface area contributed by atoms with Crippen LogP contribution in [0.5, 0.6) is 0 Å². The zero-order chi connectivity index (χ0) is 23.4. The van der Waals surface area contributed by atoms with Gasteiger partial charge in [0.05, 0.1) is 0 Å². The van der Waals surface area contributed by atoms with Crippen LogP contribution >= 0.6 is 0 Å². The Hall–Kier alpha value is -3.13. The topological polar surface area (TPSA) is 44.3 Å². The second-order valence-corrected chi connectivity index (χ2v) is 9.58. The predicted molar refractivity (Wildman–Crippen MR) is 126 cm³/mol. The summed E-state index contributed by atoms with van der Waals surface area (Å²) in [5, 5.41) is 3.21. The third-order valence-electron chi connectivity index (χ3n) is 7.20. The van der Waals surface area contributed by atoms with Crippen LogP contribution in [0.25, 0.3) is 0 Å². The molecule has 1 aromatic heterocycles. The van der Waals surface area contributed by atoms with Crippen molar-refractivity contribution in [3.05, 3.63) is 70.4 Å². The second-order valence-electron chi connectivity index (χ2n) is 9.58. The molecule has 0 fully saturated rings. The molecule has 0 amide bonds. The zero-order valence-corrected chi connectivity index (χ0v) is 19.0. The van der Waals surface area contributed by atoms with Gasteiger partial charge in [0.1, 0.15) is 5.56 Å². The minimum atomic E-state index is -4.54. The van der Waals surface area contributed by atoms with Crippen molar-refractivity contribution in [3.63, 3.8) is 0 Å². The normalized spacial score (nSPS) is 19.6. The first-order valence-electron chi connectivity index (χ1n) is 11.8. The zero-order valence-electron chi connectivity index (χ0n) is 19.0. The molecule has 0 saturated carbocycles. The summed E-state index contributed by atoms with van der Waals surface area (Å²) < 4.78 is 41.6. The van der Waals surface area contributed by atoms with Gasteiger partial charge in [0.25, 0.3) is 0 Å². The largest absolute Gasteiger partial charge is 0.421 e. The van der Waals surface area contributed by atoms with Crippen LogP contribution in [0.15, 0.2) is 42.6 Å². The molecule has 1 atom stereocenters. The number of halogens is 3. The number of anilines is 4. The number of fused-ring (bicyclic) bond motifs is 1. The van der Waals surface area contributed by atoms with Crippen molar-refractivity contribution in [2.24, 2.45) is 0 Å². The number of nitrogens with zero attached hydrogens (tertiary/aromatic N) is 4. The van der Waals surface area contributed by atoms with Crippen molar-refractivity contribution in [3.8, 4) is 0 Å². The van der Waals surface area contributed by atoms with Crippen molar-refractivity contribution >= 4 is 23.1 Å². The molecular formula is C26H26F3N5. The van der Waals surface area contributed by atoms with Gasteiger partial charge in [-0.3, -0.25) is 0 Å². The molecule has 5 nitrogen and oxygen atoms in total. The smallest absolute Gasteiger partial charge is 0.325 e. The molecule has 1 unspecified atom stereocenters. The van der Waals surface area contributed by atoms with Gasteiger partial charge in [-0.25, -0.2) is 4.98 Å². The maximum Gasteiger partial charge on any atom is 0.421 e. The van der Waals surface area contributed by atoms with E-state index >= 15 is 0 Å². The van der Waals surface area contributed by atoms with Crippen molar-refractivity contribution < 1.29 is 13.2 Å². The Morgan fingerprint density at radius 1 is 1.06 bits per heavy atom. The van der Waals surface area contributed by atoms with Gasteiger partial charge in [0, 0.05) is 37.2 Å². The monoisotopic (exact) mass is 465 g/mol. The number of para-hydroxylation sites is 1. The quantitative estimate of drug-likeness (QED) is 0.530. The lowest BCUT2D eigenvalue weighted by Crippen LogP contribution is -2.33. The molecule has 3 aromatic rings. The van der Waals surface area contributed by atoms with Gasteiger partial charge in [-0.05, 0) is 79.1 Å². The van der Waals surface area contributed by atoms with Crippen LogP contribution in [0.3, 0.4) is 0 Å². The minimum absolute atomic E-state index is 0.103. The first kappa shape index (κ1) is 21.4. The molecule has 3 aliphatic rings. The molecule has 0 saturated heterocycles. The van der Waals surface area contributed by atoms with Gasteiger partial charge >= 0.3 is 6.18 Å². The highest BCUT2D eigenvalue weighted by Gasteiger charge is 2.38. The fourth-order valence-electron chi connectivity index (χ4n) is 5.84. The van der Waals surface area contributed by atoms with Crippen LogP contribution in [-0.4, -0.2) is 35.0 Å². The summed E-state index contributed by atoms with van der Waals surface area (Å²) in [7, 11) is 2.14. The molecule has 0 spiro atoms. The molecule has 6 rings (SSSR count). The summed E-state index contributed by atoms with van der Waals surface area (Å²) in [6.45, 7) is 2.41. The molecule has 176 valence electrons. The Labute approximate surface area is 196 Å². The van der Waals surface area contributed by atoms with Crippen LogP contribution in [0.2, 0.25) is 0 Å². The van der Waals surface area contributed by atoms with E-state index in [0.29, 0.717) is 18.9 Å². The Bertz CT molecular complexity index is 1260. The number of hydrogen-bond acceptors (Lipinski definition) is 5. The molecule has 2 aliphatic heterocycles. The maximum absolute atomic E-state index is 13.9. The van der Waals surface area contributed by atoms with Crippen molar-refractivity contribution in [1.82, 2.24) is 14.9 Å². The Kier molecular flexibility index (Phi) is 5.02. The summed E-state index contributed by atoms with van der Waals surface area (Å²) in [4.78, 5) is 12.5. The van der Waals surface area contributed by atoms with Crippen molar-refractivity contribution in [2.75, 3.05) is 30.4 Å². The van der Waals surface area contributed by atoms with Crippen molar-refractivity contribution in [1.29, 1.82) is 0 Å². The molecule has 8 heteroatoms. The standard InChI is InChI=1S/C26H26F3N5/c1-33-14-18-7-4-6-17-11-20(12-19(15-33)23(17)18)31-25-30-13-21(26(27,28)29)24(32-25)34-10-9-16-5-2-3-8-22(16)34/h2-3,5,8,11-13,18H,4,6-7,9-10,14-15H2,1H3,(H,30,31,32). The van der Waals surface area contributed by atoms with E-state index in [1.165, 1.54) is 23.1 Å². The van der Waals surface area contributed by atoms with Gasteiger partial charge in [-0.2, -0.15) is 18.2 Å². The summed E-state index contributed by atoms with van der Waals surface area (Å²) in [6.07, 6.45) is 0.438. The van der Waals surface area contributed by atoms with Crippen LogP contribution < -0.4 is 10.2 Å². The molecule has 0 radical (unpaired) electrons. The average Bonchev–Trinajstić information content (AvgIpc) is 3.22. The second kappa shape index (κ2) is 7.98. The van der Waals surface area contributed by atoms with Crippen LogP contribution in [0.4, 0.5) is 36.3 Å². The summed E-state index contributed by atoms with van der Waals surface area (Å²) in [6, 6.07) is 11.8. The van der Waals surface area contributed by atoms with E-state index in [2.05, 4.69) is 39.4 Å². The summed E-state index contributed by atoms with van der Waals surface area (Å²) in [5.74, 6) is 0.640. The SMILES string of the molecule is CN1Cc2cc(Nc3ncc(C(F)(F)F)c(N4CCc5ccccc54)n3)cc3c2C(CCC3)C1. The fraction of sp³-hybridized carbons (Fsp3) is 0.385. The third-order valence-corrected chi connectivity index (χ3v) is 7.20. The van der Waals surface area contributed by atoms with Gasteiger partial charge in [-0.1, -0.05) is 18.2 Å². The van der Waals surface area contributed by atoms with E-state index in [0.717, 1.165) is 49.1 Å². The lowest BCUT2D eigenvalue weighted by molar-refractivity contribution is -0.137. The van der Waals surface area contributed by atoms with Crippen LogP contribution in [0, 0.1) is 0 Å². The maximum atomic E-state index is 13.9. The highest BCUT2D eigenvalue weighted by Crippen LogP contribution is 2.43. The minimum Gasteiger partial charge on any atom is -0.325 e. The van der Waals surface area contributed by atoms with Crippen molar-refractivity contribution in [2.45, 2.75) is 44.3 Å². The third kappa shape index (κ3) is 3.70. The highest BCUT2D eigenvalue weighted by atomic mass is 19.4. The number of hydrogen-bond donors (Lipinski definition) is 1. The Morgan fingerprint density at radius 3 is 2.74 bits per heavy atom. The first-order chi connectivity index (χ1) is 16.4. The van der Waals surface area contributed by atoms with E-state index in [1.54, 1.807) is 4.90 Å². The Balaban J connectivity index is 1.38. The van der Waals surface area contributed by atoms with E-state index in [9.17, 15) is 13.2 Å². The molecule has 34 heavy (non-hydrogen) atoms. The van der Waals surface area contributed by atoms with Gasteiger partial charge in [-0.15, -0.1) is 0 Å². The van der Waals surface area contributed by atoms with E-state index in [1.807, 2.05) is 24.3 Å². The van der Waals surface area contributed by atoms with Crippen LogP contribution in [0.1, 0.15) is 46.6 Å². The number of benzene rings is 2. The molecule has 3 heterocycles. The van der Waals surface area contributed by atoms with E-state index < -0.39 is 11.7 Å². The number of rotatable bonds is 3. The lowest BCUT2D eigenvalue weighted by atomic mass is 9.77.